The first-order valence-electron chi connectivity index (χ1n) is 5.78. The normalized spacial score (nSPS) is 11.5. The molecule has 5 nitrogen and oxygen atoms in total. The van der Waals surface area contributed by atoms with Gasteiger partial charge in [0.25, 0.3) is 0 Å². The van der Waals surface area contributed by atoms with Gasteiger partial charge in [-0.2, -0.15) is 0 Å². The van der Waals surface area contributed by atoms with Gasteiger partial charge in [-0.1, -0.05) is 30.3 Å². The summed E-state index contributed by atoms with van der Waals surface area (Å²) >= 11 is 5.55. The van der Waals surface area contributed by atoms with E-state index in [2.05, 4.69) is 10.1 Å². The van der Waals surface area contributed by atoms with Crippen LogP contribution in [0.3, 0.4) is 0 Å². The highest BCUT2D eigenvalue weighted by Crippen LogP contribution is 2.02. The summed E-state index contributed by atoms with van der Waals surface area (Å²) in [6.45, 7) is 0.140. The van der Waals surface area contributed by atoms with Gasteiger partial charge in [0.2, 0.25) is 0 Å². The third-order valence-corrected chi connectivity index (χ3v) is 2.61. The van der Waals surface area contributed by atoms with Crippen LogP contribution in [0.2, 0.25) is 0 Å². The summed E-state index contributed by atoms with van der Waals surface area (Å²) in [7, 11) is 1.25. The molecule has 0 saturated heterocycles. The fourth-order valence-corrected chi connectivity index (χ4v) is 1.63. The minimum Gasteiger partial charge on any atom is -0.467 e. The van der Waals surface area contributed by atoms with Crippen LogP contribution in [0, 0.1) is 0 Å². The number of carbonyl (C=O) groups is 2. The lowest BCUT2D eigenvalue weighted by atomic mass is 10.2. The molecule has 19 heavy (non-hydrogen) atoms. The smallest absolute Gasteiger partial charge is 0.408 e. The van der Waals surface area contributed by atoms with Gasteiger partial charge in [0.15, 0.2) is 0 Å². The van der Waals surface area contributed by atoms with E-state index in [9.17, 15) is 9.59 Å². The number of alkyl halides is 1. The van der Waals surface area contributed by atoms with Gasteiger partial charge in [0.1, 0.15) is 12.6 Å². The molecule has 1 unspecified atom stereocenters. The summed E-state index contributed by atoms with van der Waals surface area (Å²) in [5.74, 6) is -0.309. The van der Waals surface area contributed by atoms with Crippen LogP contribution in [-0.4, -0.2) is 31.1 Å². The Morgan fingerprint density at radius 2 is 2.00 bits per heavy atom. The van der Waals surface area contributed by atoms with Crippen molar-refractivity contribution in [2.24, 2.45) is 0 Å². The van der Waals surface area contributed by atoms with E-state index >= 15 is 0 Å². The van der Waals surface area contributed by atoms with Crippen molar-refractivity contribution in [3.63, 3.8) is 0 Å². The molecule has 0 radical (unpaired) electrons. The third kappa shape index (κ3) is 5.61. The third-order valence-electron chi connectivity index (χ3n) is 2.39. The Bertz CT molecular complexity index is 410. The average Bonchev–Trinajstić information content (AvgIpc) is 2.45. The summed E-state index contributed by atoms with van der Waals surface area (Å²) in [4.78, 5) is 22.9. The molecule has 0 bridgehead atoms. The molecule has 104 valence electrons. The predicted octanol–water partition coefficient (Wildman–Crippen LogP) is 2.08. The number of hydrogen-bond donors (Lipinski definition) is 1. The van der Waals surface area contributed by atoms with E-state index < -0.39 is 18.1 Å². The summed E-state index contributed by atoms with van der Waals surface area (Å²) in [5, 5.41) is 2.42. The van der Waals surface area contributed by atoms with E-state index in [0.717, 1.165) is 5.56 Å². The zero-order valence-corrected chi connectivity index (χ0v) is 11.4. The van der Waals surface area contributed by atoms with E-state index in [1.807, 2.05) is 30.3 Å². The fourth-order valence-electron chi connectivity index (χ4n) is 1.41. The number of alkyl carbamates (subject to hydrolysis) is 1. The van der Waals surface area contributed by atoms with Crippen LogP contribution < -0.4 is 5.32 Å². The molecular weight excluding hydrogens is 270 g/mol. The molecule has 0 aliphatic carbocycles. The monoisotopic (exact) mass is 285 g/mol. The number of ether oxygens (including phenoxy) is 2. The molecule has 1 N–H and O–H groups in total. The van der Waals surface area contributed by atoms with Crippen LogP contribution in [0.1, 0.15) is 12.0 Å². The second-order valence-corrected chi connectivity index (χ2v) is 4.14. The zero-order chi connectivity index (χ0) is 14.1. The first-order valence-corrected chi connectivity index (χ1v) is 6.32. The molecule has 1 amide bonds. The Morgan fingerprint density at radius 3 is 2.58 bits per heavy atom. The van der Waals surface area contributed by atoms with Crippen molar-refractivity contribution < 1.29 is 19.1 Å². The lowest BCUT2D eigenvalue weighted by molar-refractivity contribution is -0.143. The van der Waals surface area contributed by atoms with E-state index in [4.69, 9.17) is 16.3 Å². The van der Waals surface area contributed by atoms with Crippen LogP contribution >= 0.6 is 11.6 Å². The number of halogens is 1. The number of benzene rings is 1. The minimum atomic E-state index is -0.786. The summed E-state index contributed by atoms with van der Waals surface area (Å²) < 4.78 is 9.56. The van der Waals surface area contributed by atoms with Gasteiger partial charge >= 0.3 is 12.1 Å². The maximum atomic E-state index is 11.5. The lowest BCUT2D eigenvalue weighted by Crippen LogP contribution is -2.42. The molecule has 0 fully saturated rings. The largest absolute Gasteiger partial charge is 0.467 e. The van der Waals surface area contributed by atoms with E-state index in [1.165, 1.54) is 7.11 Å². The molecule has 1 rings (SSSR count). The second kappa shape index (κ2) is 8.37. The predicted molar refractivity (Wildman–Crippen MR) is 70.9 cm³/mol. The molecule has 0 spiro atoms. The van der Waals surface area contributed by atoms with Crippen LogP contribution in [0.4, 0.5) is 4.79 Å². The van der Waals surface area contributed by atoms with Crippen LogP contribution in [-0.2, 0) is 20.9 Å². The summed E-state index contributed by atoms with van der Waals surface area (Å²) in [6.07, 6.45) is -0.390. The van der Waals surface area contributed by atoms with Gasteiger partial charge in [-0.3, -0.25) is 0 Å². The van der Waals surface area contributed by atoms with Gasteiger partial charge in [0, 0.05) is 5.88 Å². The lowest BCUT2D eigenvalue weighted by Gasteiger charge is -2.15. The number of rotatable bonds is 6. The Kier molecular flexibility index (Phi) is 6.74. The first-order chi connectivity index (χ1) is 9.17. The van der Waals surface area contributed by atoms with Gasteiger partial charge in [-0.25, -0.2) is 9.59 Å². The Balaban J connectivity index is 2.42. The van der Waals surface area contributed by atoms with E-state index in [1.54, 1.807) is 0 Å². The Hall–Kier alpha value is -1.75. The number of carbonyl (C=O) groups excluding carboxylic acids is 2. The molecule has 0 heterocycles. The number of methoxy groups -OCH3 is 1. The molecular formula is C13H16ClNO4. The molecule has 0 aromatic heterocycles. The van der Waals surface area contributed by atoms with E-state index in [-0.39, 0.29) is 18.9 Å². The maximum Gasteiger partial charge on any atom is 0.408 e. The Morgan fingerprint density at radius 1 is 1.32 bits per heavy atom. The quantitative estimate of drug-likeness (QED) is 0.642. The molecule has 1 aromatic carbocycles. The minimum absolute atomic E-state index is 0.140. The van der Waals surface area contributed by atoms with Crippen molar-refractivity contribution in [3.8, 4) is 0 Å². The van der Waals surface area contributed by atoms with Crippen molar-refractivity contribution in [1.29, 1.82) is 0 Å². The van der Waals surface area contributed by atoms with Crippen molar-refractivity contribution in [1.82, 2.24) is 5.32 Å². The molecule has 0 aliphatic heterocycles. The summed E-state index contributed by atoms with van der Waals surface area (Å²) in [5.41, 5.74) is 0.865. The highest BCUT2D eigenvalue weighted by atomic mass is 35.5. The van der Waals surface area contributed by atoms with Crippen LogP contribution in [0.15, 0.2) is 30.3 Å². The SMILES string of the molecule is COC(=O)C(CCCl)NC(=O)OCc1ccccc1. The molecule has 1 aromatic rings. The zero-order valence-electron chi connectivity index (χ0n) is 10.6. The topological polar surface area (TPSA) is 64.6 Å². The summed E-state index contributed by atoms with van der Waals surface area (Å²) in [6, 6.07) is 8.46. The Labute approximate surface area is 116 Å². The van der Waals surface area contributed by atoms with Crippen LogP contribution in [0.5, 0.6) is 0 Å². The second-order valence-electron chi connectivity index (χ2n) is 3.76. The van der Waals surface area contributed by atoms with Crippen molar-refractivity contribution in [3.05, 3.63) is 35.9 Å². The maximum absolute atomic E-state index is 11.5. The highest BCUT2D eigenvalue weighted by molar-refractivity contribution is 6.18. The first kappa shape index (κ1) is 15.3. The molecule has 1 atom stereocenters. The van der Waals surface area contributed by atoms with Gasteiger partial charge in [-0.15, -0.1) is 11.6 Å². The fraction of sp³-hybridized carbons (Fsp3) is 0.385. The van der Waals surface area contributed by atoms with Crippen molar-refractivity contribution in [2.75, 3.05) is 13.0 Å². The number of hydrogen-bond acceptors (Lipinski definition) is 4. The van der Waals surface area contributed by atoms with Crippen molar-refractivity contribution in [2.45, 2.75) is 19.1 Å². The number of nitrogens with one attached hydrogen (secondary N) is 1. The van der Waals surface area contributed by atoms with Crippen LogP contribution in [0.25, 0.3) is 0 Å². The highest BCUT2D eigenvalue weighted by Gasteiger charge is 2.21. The molecule has 0 aliphatic rings. The standard InChI is InChI=1S/C13H16ClNO4/c1-18-12(16)11(7-8-14)15-13(17)19-9-10-5-3-2-4-6-10/h2-6,11H,7-9H2,1H3,(H,15,17). The number of amides is 1. The average molecular weight is 286 g/mol. The number of esters is 1. The van der Waals surface area contributed by atoms with E-state index in [0.29, 0.717) is 0 Å². The van der Waals surface area contributed by atoms with Gasteiger partial charge in [0.05, 0.1) is 7.11 Å². The van der Waals surface area contributed by atoms with Gasteiger partial charge < -0.3 is 14.8 Å². The van der Waals surface area contributed by atoms with Crippen molar-refractivity contribution >= 4 is 23.7 Å². The van der Waals surface area contributed by atoms with Gasteiger partial charge in [-0.05, 0) is 12.0 Å². The molecule has 0 saturated carbocycles. The molecule has 6 heteroatoms.